The Hall–Kier alpha value is -1.72. The van der Waals surface area contributed by atoms with Crippen LogP contribution in [0.4, 0.5) is 0 Å². The fourth-order valence-electron chi connectivity index (χ4n) is 1.76. The van der Waals surface area contributed by atoms with Crippen LogP contribution in [-0.4, -0.2) is 24.0 Å². The maximum absolute atomic E-state index is 12.1. The van der Waals surface area contributed by atoms with Crippen LogP contribution in [0.15, 0.2) is 30.3 Å². The summed E-state index contributed by atoms with van der Waals surface area (Å²) in [7, 11) is 0. The molecular formula is C14H17N3OS. The number of aryl methyl sites for hydroxylation is 1. The van der Waals surface area contributed by atoms with Gasteiger partial charge in [0.05, 0.1) is 10.7 Å². The lowest BCUT2D eigenvalue weighted by atomic mass is 10.1. The van der Waals surface area contributed by atoms with E-state index >= 15 is 0 Å². The highest BCUT2D eigenvalue weighted by molar-refractivity contribution is 7.14. The molecule has 0 aliphatic rings. The molecule has 0 saturated carbocycles. The maximum Gasteiger partial charge on any atom is 0.263 e. The summed E-state index contributed by atoms with van der Waals surface area (Å²) in [4.78, 5) is 17.3. The third kappa shape index (κ3) is 3.39. The number of nitrogens with one attached hydrogen (secondary N) is 1. The van der Waals surface area contributed by atoms with Gasteiger partial charge in [0, 0.05) is 12.1 Å². The topological polar surface area (TPSA) is 68.0 Å². The van der Waals surface area contributed by atoms with Crippen molar-refractivity contribution in [3.05, 3.63) is 40.2 Å². The molecule has 0 atom stereocenters. The van der Waals surface area contributed by atoms with E-state index in [-0.39, 0.29) is 5.91 Å². The second-order valence-electron chi connectivity index (χ2n) is 4.17. The lowest BCUT2D eigenvalue weighted by molar-refractivity contribution is 0.0958. The summed E-state index contributed by atoms with van der Waals surface area (Å²) in [6.45, 7) is 3.09. The molecule has 1 amide bonds. The van der Waals surface area contributed by atoms with Gasteiger partial charge in [-0.2, -0.15) is 0 Å². The second kappa shape index (κ2) is 6.45. The van der Waals surface area contributed by atoms with Crippen LogP contribution in [0.25, 0.3) is 11.3 Å². The van der Waals surface area contributed by atoms with E-state index in [9.17, 15) is 4.79 Å². The molecule has 2 rings (SSSR count). The minimum absolute atomic E-state index is 0.0714. The van der Waals surface area contributed by atoms with Gasteiger partial charge in [0.15, 0.2) is 0 Å². The van der Waals surface area contributed by atoms with Crippen LogP contribution in [0.3, 0.4) is 0 Å². The van der Waals surface area contributed by atoms with Gasteiger partial charge in [0.25, 0.3) is 5.91 Å². The molecule has 19 heavy (non-hydrogen) atoms. The van der Waals surface area contributed by atoms with Crippen LogP contribution >= 0.6 is 11.3 Å². The highest BCUT2D eigenvalue weighted by atomic mass is 32.1. The summed E-state index contributed by atoms with van der Waals surface area (Å²) in [5.74, 6) is -0.0714. The molecule has 1 aromatic carbocycles. The van der Waals surface area contributed by atoms with Gasteiger partial charge in [-0.3, -0.25) is 4.79 Å². The van der Waals surface area contributed by atoms with Crippen LogP contribution < -0.4 is 11.1 Å². The first-order chi connectivity index (χ1) is 9.22. The van der Waals surface area contributed by atoms with Crippen LogP contribution in [0.5, 0.6) is 0 Å². The number of thiazole rings is 1. The molecule has 0 aliphatic carbocycles. The lowest BCUT2D eigenvalue weighted by Gasteiger charge is -2.04. The molecule has 0 aliphatic heterocycles. The number of amides is 1. The predicted octanol–water partition coefficient (Wildman–Crippen LogP) is 2.20. The van der Waals surface area contributed by atoms with Gasteiger partial charge in [-0.15, -0.1) is 11.3 Å². The average molecular weight is 275 g/mol. The minimum Gasteiger partial charge on any atom is -0.351 e. The molecule has 1 aromatic heterocycles. The predicted molar refractivity (Wildman–Crippen MR) is 78.3 cm³/mol. The number of nitrogens with two attached hydrogens (primary N) is 1. The van der Waals surface area contributed by atoms with Crippen LogP contribution in [0, 0.1) is 6.92 Å². The van der Waals surface area contributed by atoms with Crippen LogP contribution in [-0.2, 0) is 0 Å². The van der Waals surface area contributed by atoms with E-state index in [2.05, 4.69) is 10.3 Å². The molecule has 0 saturated heterocycles. The molecule has 1 heterocycles. The Morgan fingerprint density at radius 2 is 2.11 bits per heavy atom. The fraction of sp³-hybridized carbons (Fsp3) is 0.286. The first-order valence-corrected chi connectivity index (χ1v) is 7.05. The summed E-state index contributed by atoms with van der Waals surface area (Å²) < 4.78 is 0. The van der Waals surface area contributed by atoms with Crippen molar-refractivity contribution in [3.8, 4) is 11.3 Å². The molecule has 3 N–H and O–H groups in total. The van der Waals surface area contributed by atoms with Gasteiger partial charge in [-0.1, -0.05) is 30.3 Å². The normalized spacial score (nSPS) is 10.4. The molecule has 0 radical (unpaired) electrons. The number of rotatable bonds is 5. The lowest BCUT2D eigenvalue weighted by Crippen LogP contribution is -2.25. The summed E-state index contributed by atoms with van der Waals surface area (Å²) in [5, 5.41) is 3.77. The number of aromatic nitrogens is 1. The van der Waals surface area contributed by atoms with Crippen LogP contribution in [0.1, 0.15) is 21.1 Å². The molecular weight excluding hydrogens is 258 g/mol. The summed E-state index contributed by atoms with van der Waals surface area (Å²) in [5.41, 5.74) is 7.14. The number of carbonyl (C=O) groups is 1. The average Bonchev–Trinajstić information content (AvgIpc) is 2.82. The number of carbonyl (C=O) groups excluding carboxylic acids is 1. The molecule has 0 spiro atoms. The molecule has 0 fully saturated rings. The van der Waals surface area contributed by atoms with Crippen molar-refractivity contribution in [3.63, 3.8) is 0 Å². The maximum atomic E-state index is 12.1. The van der Waals surface area contributed by atoms with Crippen LogP contribution in [0.2, 0.25) is 0 Å². The van der Waals surface area contributed by atoms with Crippen molar-refractivity contribution in [2.24, 2.45) is 5.73 Å². The SMILES string of the molecule is Cc1nc(-c2ccccc2)c(C(=O)NCCCN)s1. The van der Waals surface area contributed by atoms with Crippen molar-refractivity contribution in [1.29, 1.82) is 0 Å². The molecule has 5 heteroatoms. The van der Waals surface area contributed by atoms with Crippen molar-refractivity contribution < 1.29 is 4.79 Å². The van der Waals surface area contributed by atoms with E-state index in [1.807, 2.05) is 37.3 Å². The van der Waals surface area contributed by atoms with E-state index in [1.165, 1.54) is 11.3 Å². The standard InChI is InChI=1S/C14H17N3OS/c1-10-17-12(11-6-3-2-4-7-11)13(19-10)14(18)16-9-5-8-15/h2-4,6-7H,5,8-9,15H2,1H3,(H,16,18). The highest BCUT2D eigenvalue weighted by Gasteiger charge is 2.17. The van der Waals surface area contributed by atoms with E-state index in [0.29, 0.717) is 18.0 Å². The number of hydrogen-bond donors (Lipinski definition) is 2. The Kier molecular flexibility index (Phi) is 4.65. The third-order valence-corrected chi connectivity index (χ3v) is 3.62. The summed E-state index contributed by atoms with van der Waals surface area (Å²) >= 11 is 1.42. The van der Waals surface area contributed by atoms with E-state index in [0.717, 1.165) is 22.7 Å². The van der Waals surface area contributed by atoms with E-state index in [4.69, 9.17) is 5.73 Å². The largest absolute Gasteiger partial charge is 0.351 e. The second-order valence-corrected chi connectivity index (χ2v) is 5.38. The first kappa shape index (κ1) is 13.7. The van der Waals surface area contributed by atoms with Crippen molar-refractivity contribution in [1.82, 2.24) is 10.3 Å². The molecule has 100 valence electrons. The van der Waals surface area contributed by atoms with Gasteiger partial charge in [0.2, 0.25) is 0 Å². The molecule has 4 nitrogen and oxygen atoms in total. The summed E-state index contributed by atoms with van der Waals surface area (Å²) in [6, 6.07) is 9.76. The zero-order chi connectivity index (χ0) is 13.7. The Bertz CT molecular complexity index is 551. The van der Waals surface area contributed by atoms with Gasteiger partial charge in [-0.25, -0.2) is 4.98 Å². The van der Waals surface area contributed by atoms with Gasteiger partial charge < -0.3 is 11.1 Å². The third-order valence-electron chi connectivity index (χ3n) is 2.65. The van der Waals surface area contributed by atoms with Gasteiger partial charge in [-0.05, 0) is 19.9 Å². The van der Waals surface area contributed by atoms with Crippen molar-refractivity contribution in [2.75, 3.05) is 13.1 Å². The number of benzene rings is 1. The zero-order valence-corrected chi connectivity index (χ0v) is 11.7. The van der Waals surface area contributed by atoms with Crippen molar-refractivity contribution in [2.45, 2.75) is 13.3 Å². The molecule has 0 bridgehead atoms. The molecule has 0 unspecified atom stereocenters. The van der Waals surface area contributed by atoms with Gasteiger partial charge in [0.1, 0.15) is 4.88 Å². The summed E-state index contributed by atoms with van der Waals surface area (Å²) in [6.07, 6.45) is 0.782. The van der Waals surface area contributed by atoms with Crippen molar-refractivity contribution >= 4 is 17.2 Å². The smallest absolute Gasteiger partial charge is 0.263 e. The Morgan fingerprint density at radius 1 is 1.37 bits per heavy atom. The van der Waals surface area contributed by atoms with E-state index < -0.39 is 0 Å². The van der Waals surface area contributed by atoms with E-state index in [1.54, 1.807) is 0 Å². The molecule has 2 aromatic rings. The zero-order valence-electron chi connectivity index (χ0n) is 10.8. The monoisotopic (exact) mass is 275 g/mol. The Labute approximate surface area is 116 Å². The number of nitrogens with zero attached hydrogens (tertiary/aromatic N) is 1. The Balaban J connectivity index is 2.24. The fourth-order valence-corrected chi connectivity index (χ4v) is 2.61. The number of hydrogen-bond acceptors (Lipinski definition) is 4. The van der Waals surface area contributed by atoms with Gasteiger partial charge >= 0.3 is 0 Å². The quantitative estimate of drug-likeness (QED) is 0.822. The first-order valence-electron chi connectivity index (χ1n) is 6.23. The minimum atomic E-state index is -0.0714. The Morgan fingerprint density at radius 3 is 2.79 bits per heavy atom. The highest BCUT2D eigenvalue weighted by Crippen LogP contribution is 2.27.